The Morgan fingerprint density at radius 3 is 3.19 bits per heavy atom. The van der Waals surface area contributed by atoms with Crippen molar-refractivity contribution < 1.29 is 14.6 Å². The summed E-state index contributed by atoms with van der Waals surface area (Å²) in [6.07, 6.45) is 0.929. The van der Waals surface area contributed by atoms with Gasteiger partial charge in [-0.25, -0.2) is 9.78 Å². The number of aromatic carboxylic acids is 1. The Morgan fingerprint density at radius 1 is 1.52 bits per heavy atom. The topological polar surface area (TPSA) is 71.5 Å². The number of carboxylic acids is 1. The van der Waals surface area contributed by atoms with Crippen LogP contribution in [0.5, 0.6) is 0 Å². The Balaban J connectivity index is 1.77. The molecule has 0 saturated heterocycles. The van der Waals surface area contributed by atoms with Gasteiger partial charge in [0, 0.05) is 11.3 Å². The Labute approximate surface area is 126 Å². The SMILES string of the molecule is CC(Nc1cccc(C(=O)O)n1)C1OCCc2sccc21. The summed E-state index contributed by atoms with van der Waals surface area (Å²) in [4.78, 5) is 16.4. The van der Waals surface area contributed by atoms with E-state index in [2.05, 4.69) is 21.7 Å². The first-order valence-electron chi connectivity index (χ1n) is 6.80. The zero-order valence-electron chi connectivity index (χ0n) is 11.6. The quantitative estimate of drug-likeness (QED) is 0.908. The summed E-state index contributed by atoms with van der Waals surface area (Å²) >= 11 is 1.76. The van der Waals surface area contributed by atoms with E-state index in [1.165, 1.54) is 16.5 Å². The van der Waals surface area contributed by atoms with Crippen LogP contribution in [0.25, 0.3) is 0 Å². The third-order valence-electron chi connectivity index (χ3n) is 3.51. The summed E-state index contributed by atoms with van der Waals surface area (Å²) in [5.41, 5.74) is 1.26. The summed E-state index contributed by atoms with van der Waals surface area (Å²) in [7, 11) is 0. The highest BCUT2D eigenvalue weighted by atomic mass is 32.1. The van der Waals surface area contributed by atoms with Gasteiger partial charge >= 0.3 is 5.97 Å². The lowest BCUT2D eigenvalue weighted by atomic mass is 10.0. The maximum absolute atomic E-state index is 11.0. The van der Waals surface area contributed by atoms with Crippen LogP contribution in [0.15, 0.2) is 29.6 Å². The standard InChI is InChI=1S/C15H16N2O3S/c1-9(14-10-6-8-21-12(10)5-7-20-14)16-13-4-2-3-11(17-13)15(18)19/h2-4,6,8-9,14H,5,7H2,1H3,(H,16,17)(H,18,19). The molecule has 1 aliphatic rings. The molecule has 0 bridgehead atoms. The number of hydrogen-bond acceptors (Lipinski definition) is 5. The lowest BCUT2D eigenvalue weighted by molar-refractivity contribution is 0.0339. The number of nitrogens with zero attached hydrogens (tertiary/aromatic N) is 1. The molecule has 3 heterocycles. The molecule has 2 aromatic rings. The lowest BCUT2D eigenvalue weighted by Gasteiger charge is -2.29. The van der Waals surface area contributed by atoms with Crippen molar-refractivity contribution in [3.63, 3.8) is 0 Å². The monoisotopic (exact) mass is 304 g/mol. The molecule has 2 atom stereocenters. The van der Waals surface area contributed by atoms with Crippen LogP contribution in [0.3, 0.4) is 0 Å². The van der Waals surface area contributed by atoms with Crippen LogP contribution in [0.2, 0.25) is 0 Å². The van der Waals surface area contributed by atoms with Crippen molar-refractivity contribution in [1.29, 1.82) is 0 Å². The maximum atomic E-state index is 11.0. The van der Waals surface area contributed by atoms with E-state index < -0.39 is 5.97 Å². The molecule has 0 fully saturated rings. The largest absolute Gasteiger partial charge is 0.477 e. The molecular weight excluding hydrogens is 288 g/mol. The summed E-state index contributed by atoms with van der Waals surface area (Å²) in [6.45, 7) is 2.74. The number of thiophene rings is 1. The fraction of sp³-hybridized carbons (Fsp3) is 0.333. The molecule has 0 aliphatic carbocycles. The van der Waals surface area contributed by atoms with Crippen molar-refractivity contribution >= 4 is 23.1 Å². The number of carbonyl (C=O) groups is 1. The summed E-state index contributed by atoms with van der Waals surface area (Å²) < 4.78 is 5.87. The number of fused-ring (bicyclic) bond motifs is 1. The number of aromatic nitrogens is 1. The van der Waals surface area contributed by atoms with Gasteiger partial charge in [-0.3, -0.25) is 0 Å². The predicted octanol–water partition coefficient (Wildman–Crippen LogP) is 2.96. The third-order valence-corrected chi connectivity index (χ3v) is 4.51. The van der Waals surface area contributed by atoms with Crippen LogP contribution in [0.4, 0.5) is 5.82 Å². The Kier molecular flexibility index (Phi) is 3.90. The number of carboxylic acid groups (broad SMARTS) is 1. The van der Waals surface area contributed by atoms with Crippen LogP contribution in [-0.4, -0.2) is 28.7 Å². The molecule has 3 rings (SSSR count). The van der Waals surface area contributed by atoms with E-state index in [1.807, 2.05) is 6.92 Å². The molecular formula is C15H16N2O3S. The lowest BCUT2D eigenvalue weighted by Crippen LogP contribution is -2.30. The van der Waals surface area contributed by atoms with Gasteiger partial charge in [-0.15, -0.1) is 11.3 Å². The number of ether oxygens (including phenoxy) is 1. The first-order valence-corrected chi connectivity index (χ1v) is 7.68. The van der Waals surface area contributed by atoms with Crippen molar-refractivity contribution in [3.05, 3.63) is 45.8 Å². The second-order valence-corrected chi connectivity index (χ2v) is 5.99. The number of anilines is 1. The molecule has 0 spiro atoms. The number of nitrogens with one attached hydrogen (secondary N) is 1. The number of hydrogen-bond donors (Lipinski definition) is 2. The van der Waals surface area contributed by atoms with E-state index in [-0.39, 0.29) is 17.8 Å². The van der Waals surface area contributed by atoms with Crippen molar-refractivity contribution in [1.82, 2.24) is 4.98 Å². The van der Waals surface area contributed by atoms with E-state index in [9.17, 15) is 4.79 Å². The van der Waals surface area contributed by atoms with Gasteiger partial charge in [0.1, 0.15) is 11.9 Å². The van der Waals surface area contributed by atoms with Gasteiger partial charge in [0.05, 0.1) is 12.6 Å². The average Bonchev–Trinajstić information content (AvgIpc) is 2.95. The van der Waals surface area contributed by atoms with E-state index in [1.54, 1.807) is 23.5 Å². The molecule has 21 heavy (non-hydrogen) atoms. The molecule has 0 aromatic carbocycles. The zero-order valence-corrected chi connectivity index (χ0v) is 12.4. The van der Waals surface area contributed by atoms with Gasteiger partial charge in [-0.05, 0) is 36.1 Å². The average molecular weight is 304 g/mol. The first kappa shape index (κ1) is 14.0. The zero-order chi connectivity index (χ0) is 14.8. The van der Waals surface area contributed by atoms with Crippen molar-refractivity contribution in [3.8, 4) is 0 Å². The molecule has 2 aromatic heterocycles. The molecule has 0 saturated carbocycles. The van der Waals surface area contributed by atoms with E-state index in [4.69, 9.17) is 9.84 Å². The van der Waals surface area contributed by atoms with Gasteiger partial charge in [0.2, 0.25) is 0 Å². The fourth-order valence-corrected chi connectivity index (χ4v) is 3.43. The van der Waals surface area contributed by atoms with Crippen LogP contribution in [-0.2, 0) is 11.2 Å². The highest BCUT2D eigenvalue weighted by Crippen LogP contribution is 2.33. The summed E-state index contributed by atoms with van der Waals surface area (Å²) in [5, 5.41) is 14.3. The van der Waals surface area contributed by atoms with Crippen LogP contribution in [0, 0.1) is 0 Å². The second-order valence-electron chi connectivity index (χ2n) is 4.99. The minimum atomic E-state index is -1.03. The van der Waals surface area contributed by atoms with Gasteiger partial charge in [0.25, 0.3) is 0 Å². The normalized spacial score (nSPS) is 18.8. The van der Waals surface area contributed by atoms with Crippen LogP contribution in [0.1, 0.15) is 34.0 Å². The minimum absolute atomic E-state index is 0.00944. The second kappa shape index (κ2) is 5.83. The summed E-state index contributed by atoms with van der Waals surface area (Å²) in [6, 6.07) is 7.04. The fourth-order valence-electron chi connectivity index (χ4n) is 2.53. The minimum Gasteiger partial charge on any atom is -0.477 e. The molecule has 2 unspecified atom stereocenters. The first-order chi connectivity index (χ1) is 10.1. The van der Waals surface area contributed by atoms with E-state index in [0.717, 1.165) is 6.42 Å². The van der Waals surface area contributed by atoms with Gasteiger partial charge in [-0.1, -0.05) is 6.07 Å². The molecule has 2 N–H and O–H groups in total. The molecule has 1 aliphatic heterocycles. The predicted molar refractivity (Wildman–Crippen MR) is 81.0 cm³/mol. The van der Waals surface area contributed by atoms with E-state index in [0.29, 0.717) is 12.4 Å². The summed E-state index contributed by atoms with van der Waals surface area (Å²) in [5.74, 6) is -0.478. The number of pyridine rings is 1. The Bertz CT molecular complexity index is 656. The molecule has 6 heteroatoms. The molecule has 5 nitrogen and oxygen atoms in total. The van der Waals surface area contributed by atoms with Crippen molar-refractivity contribution in [2.24, 2.45) is 0 Å². The van der Waals surface area contributed by atoms with Crippen LogP contribution >= 0.6 is 11.3 Å². The highest BCUT2D eigenvalue weighted by molar-refractivity contribution is 7.10. The van der Waals surface area contributed by atoms with E-state index >= 15 is 0 Å². The molecule has 0 radical (unpaired) electrons. The van der Waals surface area contributed by atoms with Gasteiger partial charge in [-0.2, -0.15) is 0 Å². The Morgan fingerprint density at radius 2 is 2.38 bits per heavy atom. The van der Waals surface area contributed by atoms with Gasteiger partial charge < -0.3 is 15.2 Å². The molecule has 0 amide bonds. The van der Waals surface area contributed by atoms with Crippen molar-refractivity contribution in [2.75, 3.05) is 11.9 Å². The number of rotatable bonds is 4. The molecule has 110 valence electrons. The van der Waals surface area contributed by atoms with Gasteiger partial charge in [0.15, 0.2) is 5.69 Å². The third kappa shape index (κ3) is 2.91. The Hall–Kier alpha value is -1.92. The van der Waals surface area contributed by atoms with Crippen molar-refractivity contribution in [2.45, 2.75) is 25.5 Å². The van der Waals surface area contributed by atoms with Crippen LogP contribution < -0.4 is 5.32 Å². The highest BCUT2D eigenvalue weighted by Gasteiger charge is 2.27. The smallest absolute Gasteiger partial charge is 0.354 e. The maximum Gasteiger partial charge on any atom is 0.354 e.